The van der Waals surface area contributed by atoms with Gasteiger partial charge in [0, 0.05) is 41.9 Å². The van der Waals surface area contributed by atoms with Crippen molar-refractivity contribution >= 4 is 34.2 Å². The van der Waals surface area contributed by atoms with Crippen LogP contribution in [-0.4, -0.2) is 66.9 Å². The average Bonchev–Trinajstić information content (AvgIpc) is 2.53. The van der Waals surface area contributed by atoms with Crippen LogP contribution in [-0.2, 0) is 9.53 Å². The van der Waals surface area contributed by atoms with Crippen LogP contribution in [0.3, 0.4) is 0 Å². The molecule has 2 heterocycles. The van der Waals surface area contributed by atoms with Gasteiger partial charge in [0.1, 0.15) is 0 Å². The molecule has 1 aliphatic rings. The number of rotatable bonds is 5. The first-order valence-corrected chi connectivity index (χ1v) is 8.22. The molecule has 2 aromatic rings. The molecule has 1 atom stereocenters. The molecular weight excluding hydrogens is 330 g/mol. The molecule has 0 radical (unpaired) electrons. The number of ether oxygens (including phenoxy) is 1. The summed E-state index contributed by atoms with van der Waals surface area (Å²) in [6.45, 7) is 2.71. The molecular formula is C17H20ClN3O3. The first kappa shape index (κ1) is 17.0. The van der Waals surface area contributed by atoms with Crippen molar-refractivity contribution in [1.29, 1.82) is 0 Å². The molecule has 3 rings (SSSR count). The van der Waals surface area contributed by atoms with Gasteiger partial charge in [0.05, 0.1) is 24.8 Å². The van der Waals surface area contributed by atoms with Crippen LogP contribution in [0.25, 0.3) is 10.9 Å². The van der Waals surface area contributed by atoms with Crippen molar-refractivity contribution in [3.05, 3.63) is 35.5 Å². The number of carboxylic acid groups (broad SMARTS) is 1. The molecule has 0 bridgehead atoms. The van der Waals surface area contributed by atoms with Gasteiger partial charge in [-0.15, -0.1) is 0 Å². The maximum absolute atomic E-state index is 10.8. The smallest absolute Gasteiger partial charge is 0.317 e. The normalized spacial score (nSPS) is 18.3. The van der Waals surface area contributed by atoms with Gasteiger partial charge >= 0.3 is 5.97 Å². The van der Waals surface area contributed by atoms with Crippen molar-refractivity contribution in [1.82, 2.24) is 9.88 Å². The summed E-state index contributed by atoms with van der Waals surface area (Å²) in [5.74, 6) is -0.831. The summed E-state index contributed by atoms with van der Waals surface area (Å²) in [6, 6.07) is 7.72. The fourth-order valence-corrected chi connectivity index (χ4v) is 3.24. The minimum absolute atomic E-state index is 0.0105. The Kier molecular flexibility index (Phi) is 5.18. The van der Waals surface area contributed by atoms with E-state index in [2.05, 4.69) is 9.88 Å². The van der Waals surface area contributed by atoms with E-state index in [-0.39, 0.29) is 12.6 Å². The van der Waals surface area contributed by atoms with Crippen molar-refractivity contribution in [2.45, 2.75) is 6.10 Å². The molecule has 128 valence electrons. The van der Waals surface area contributed by atoms with E-state index < -0.39 is 5.97 Å². The van der Waals surface area contributed by atoms with Gasteiger partial charge in [-0.25, -0.2) is 0 Å². The largest absolute Gasteiger partial charge is 0.480 e. The summed E-state index contributed by atoms with van der Waals surface area (Å²) in [5, 5.41) is 10.6. The first-order chi connectivity index (χ1) is 11.5. The number of hydrogen-bond acceptors (Lipinski definition) is 5. The highest BCUT2D eigenvalue weighted by atomic mass is 35.5. The van der Waals surface area contributed by atoms with Crippen LogP contribution in [0.4, 0.5) is 5.69 Å². The van der Waals surface area contributed by atoms with E-state index in [0.717, 1.165) is 23.1 Å². The highest BCUT2D eigenvalue weighted by Crippen LogP contribution is 2.28. The molecule has 0 saturated carbocycles. The van der Waals surface area contributed by atoms with E-state index in [1.807, 2.05) is 24.3 Å². The third kappa shape index (κ3) is 3.95. The lowest BCUT2D eigenvalue weighted by molar-refractivity contribution is -0.138. The minimum atomic E-state index is -0.831. The molecule has 1 N–H and O–H groups in total. The number of morpholine rings is 1. The molecule has 0 spiro atoms. The van der Waals surface area contributed by atoms with Crippen LogP contribution in [0.15, 0.2) is 30.5 Å². The van der Waals surface area contributed by atoms with Gasteiger partial charge in [-0.05, 0) is 31.3 Å². The number of hydrogen-bond donors (Lipinski definition) is 1. The second-order valence-electron chi connectivity index (χ2n) is 6.02. The quantitative estimate of drug-likeness (QED) is 0.891. The Morgan fingerprint density at radius 1 is 1.50 bits per heavy atom. The molecule has 1 aromatic carbocycles. The number of halogens is 1. The lowest BCUT2D eigenvalue weighted by atomic mass is 10.1. The number of anilines is 1. The van der Waals surface area contributed by atoms with Crippen molar-refractivity contribution in [2.75, 3.05) is 44.7 Å². The van der Waals surface area contributed by atoms with Gasteiger partial charge in [0.15, 0.2) is 0 Å². The molecule has 1 unspecified atom stereocenters. The zero-order chi connectivity index (χ0) is 17.1. The highest BCUT2D eigenvalue weighted by molar-refractivity contribution is 6.31. The van der Waals surface area contributed by atoms with Crippen molar-refractivity contribution < 1.29 is 14.6 Å². The maximum atomic E-state index is 10.8. The van der Waals surface area contributed by atoms with Crippen molar-refractivity contribution in [2.24, 2.45) is 0 Å². The summed E-state index contributed by atoms with van der Waals surface area (Å²) in [7, 11) is 1.79. The zero-order valence-corrected chi connectivity index (χ0v) is 14.2. The number of carboxylic acids is 1. The molecule has 7 heteroatoms. The minimum Gasteiger partial charge on any atom is -0.480 e. The average molecular weight is 350 g/mol. The number of likely N-dealkylation sites (N-methyl/N-ethyl adjacent to an activating group) is 1. The molecule has 6 nitrogen and oxygen atoms in total. The Bertz CT molecular complexity index is 740. The molecule has 1 saturated heterocycles. The summed E-state index contributed by atoms with van der Waals surface area (Å²) in [4.78, 5) is 19.2. The van der Waals surface area contributed by atoms with Crippen LogP contribution in [0, 0.1) is 0 Å². The Morgan fingerprint density at radius 3 is 3.12 bits per heavy atom. The number of fused-ring (bicyclic) bond motifs is 1. The summed E-state index contributed by atoms with van der Waals surface area (Å²) in [5.41, 5.74) is 1.97. The van der Waals surface area contributed by atoms with Gasteiger partial charge in [-0.2, -0.15) is 0 Å². The maximum Gasteiger partial charge on any atom is 0.317 e. The summed E-state index contributed by atoms with van der Waals surface area (Å²) in [6.07, 6.45) is 1.76. The van der Waals surface area contributed by atoms with Crippen LogP contribution < -0.4 is 4.90 Å². The van der Waals surface area contributed by atoms with Gasteiger partial charge in [0.2, 0.25) is 0 Å². The third-order valence-electron chi connectivity index (χ3n) is 4.08. The van der Waals surface area contributed by atoms with E-state index in [1.165, 1.54) is 0 Å². The number of benzene rings is 1. The topological polar surface area (TPSA) is 65.9 Å². The molecule has 1 aromatic heterocycles. The Morgan fingerprint density at radius 2 is 2.33 bits per heavy atom. The van der Waals surface area contributed by atoms with Crippen molar-refractivity contribution in [3.8, 4) is 0 Å². The SMILES string of the molecule is CN(CC(=O)O)CC1CN(c2ccnc3cc(Cl)ccc23)CCO1. The summed E-state index contributed by atoms with van der Waals surface area (Å²) >= 11 is 6.05. The Balaban J connectivity index is 1.76. The number of aliphatic carboxylic acids is 1. The molecule has 24 heavy (non-hydrogen) atoms. The number of nitrogens with zero attached hydrogens (tertiary/aromatic N) is 3. The highest BCUT2D eigenvalue weighted by Gasteiger charge is 2.23. The molecule has 1 fully saturated rings. The Labute approximate surface area is 145 Å². The number of pyridine rings is 1. The second kappa shape index (κ2) is 7.34. The van der Waals surface area contributed by atoms with Gasteiger partial charge in [-0.3, -0.25) is 14.7 Å². The summed E-state index contributed by atoms with van der Waals surface area (Å²) < 4.78 is 5.80. The van der Waals surface area contributed by atoms with E-state index >= 15 is 0 Å². The van der Waals surface area contributed by atoms with Gasteiger partial charge in [-0.1, -0.05) is 11.6 Å². The molecule has 0 aliphatic carbocycles. The monoisotopic (exact) mass is 349 g/mol. The second-order valence-corrected chi connectivity index (χ2v) is 6.46. The predicted molar refractivity (Wildman–Crippen MR) is 93.8 cm³/mol. The lowest BCUT2D eigenvalue weighted by Crippen LogP contribution is -2.47. The predicted octanol–water partition coefficient (Wildman–Crippen LogP) is 2.11. The third-order valence-corrected chi connectivity index (χ3v) is 4.32. The van der Waals surface area contributed by atoms with Crippen molar-refractivity contribution in [3.63, 3.8) is 0 Å². The number of aromatic nitrogens is 1. The zero-order valence-electron chi connectivity index (χ0n) is 13.5. The van der Waals surface area contributed by atoms with E-state index in [0.29, 0.717) is 24.7 Å². The van der Waals surface area contributed by atoms with E-state index in [1.54, 1.807) is 18.1 Å². The van der Waals surface area contributed by atoms with Crippen LogP contribution in [0.1, 0.15) is 0 Å². The first-order valence-electron chi connectivity index (χ1n) is 7.84. The van der Waals surface area contributed by atoms with E-state index in [9.17, 15) is 4.79 Å². The standard InChI is InChI=1S/C17H20ClN3O3/c1-20(11-17(22)23)9-13-10-21(6-7-24-13)16-4-5-19-15-8-12(18)2-3-14(15)16/h2-5,8,13H,6-7,9-11H2,1H3,(H,22,23). The van der Waals surface area contributed by atoms with Crippen LogP contribution in [0.2, 0.25) is 5.02 Å². The van der Waals surface area contributed by atoms with Crippen LogP contribution >= 0.6 is 11.6 Å². The van der Waals surface area contributed by atoms with Gasteiger partial charge < -0.3 is 14.7 Å². The fraction of sp³-hybridized carbons (Fsp3) is 0.412. The van der Waals surface area contributed by atoms with Crippen LogP contribution in [0.5, 0.6) is 0 Å². The fourth-order valence-electron chi connectivity index (χ4n) is 3.07. The number of carbonyl (C=O) groups is 1. The molecule has 1 aliphatic heterocycles. The van der Waals surface area contributed by atoms with Gasteiger partial charge in [0.25, 0.3) is 0 Å². The molecule has 0 amide bonds. The Hall–Kier alpha value is -1.89. The van der Waals surface area contributed by atoms with E-state index in [4.69, 9.17) is 21.4 Å². The lowest BCUT2D eigenvalue weighted by Gasteiger charge is -2.36.